The molecular formula is C17H28IN3O3. The highest BCUT2D eigenvalue weighted by Crippen LogP contribution is 2.27. The molecule has 0 spiro atoms. The van der Waals surface area contributed by atoms with Crippen molar-refractivity contribution in [1.82, 2.24) is 5.32 Å². The van der Waals surface area contributed by atoms with Gasteiger partial charge in [-0.25, -0.2) is 0 Å². The molecule has 1 fully saturated rings. The average Bonchev–Trinajstić information content (AvgIpc) is 3.10. The van der Waals surface area contributed by atoms with Crippen molar-refractivity contribution in [2.45, 2.75) is 31.8 Å². The van der Waals surface area contributed by atoms with E-state index in [1.165, 1.54) is 5.56 Å². The molecule has 1 aromatic carbocycles. The van der Waals surface area contributed by atoms with Crippen LogP contribution in [0.15, 0.2) is 23.2 Å². The monoisotopic (exact) mass is 449 g/mol. The predicted molar refractivity (Wildman–Crippen MR) is 107 cm³/mol. The summed E-state index contributed by atoms with van der Waals surface area (Å²) in [5.74, 6) is 2.00. The van der Waals surface area contributed by atoms with E-state index in [-0.39, 0.29) is 30.1 Å². The molecule has 24 heavy (non-hydrogen) atoms. The van der Waals surface area contributed by atoms with Gasteiger partial charge in [-0.1, -0.05) is 6.07 Å². The summed E-state index contributed by atoms with van der Waals surface area (Å²) in [6.45, 7) is 2.28. The number of hydrogen-bond acceptors (Lipinski definition) is 4. The van der Waals surface area contributed by atoms with Crippen LogP contribution in [0.25, 0.3) is 0 Å². The van der Waals surface area contributed by atoms with Gasteiger partial charge in [-0.05, 0) is 43.4 Å². The van der Waals surface area contributed by atoms with Crippen molar-refractivity contribution in [3.63, 3.8) is 0 Å². The minimum absolute atomic E-state index is 0. The summed E-state index contributed by atoms with van der Waals surface area (Å²) in [6, 6.07) is 5.99. The van der Waals surface area contributed by atoms with E-state index in [2.05, 4.69) is 16.4 Å². The molecule has 0 saturated carbocycles. The van der Waals surface area contributed by atoms with Crippen LogP contribution in [0.5, 0.6) is 11.5 Å². The van der Waals surface area contributed by atoms with Crippen LogP contribution in [0, 0.1) is 0 Å². The second-order valence-corrected chi connectivity index (χ2v) is 5.58. The van der Waals surface area contributed by atoms with Gasteiger partial charge in [0.2, 0.25) is 0 Å². The third-order valence-corrected chi connectivity index (χ3v) is 3.89. The zero-order valence-corrected chi connectivity index (χ0v) is 16.7. The Morgan fingerprint density at radius 3 is 2.79 bits per heavy atom. The number of aliphatic imine (C=N–C) groups is 1. The van der Waals surface area contributed by atoms with Crippen molar-refractivity contribution in [2.75, 3.05) is 33.9 Å². The molecule has 1 unspecified atom stereocenters. The van der Waals surface area contributed by atoms with E-state index < -0.39 is 0 Å². The van der Waals surface area contributed by atoms with Gasteiger partial charge in [0.1, 0.15) is 0 Å². The normalized spacial score (nSPS) is 17.2. The maximum Gasteiger partial charge on any atom is 0.188 e. The summed E-state index contributed by atoms with van der Waals surface area (Å²) in [7, 11) is 3.29. The largest absolute Gasteiger partial charge is 0.493 e. The highest BCUT2D eigenvalue weighted by atomic mass is 127. The minimum atomic E-state index is 0. The number of ether oxygens (including phenoxy) is 3. The van der Waals surface area contributed by atoms with Crippen LogP contribution in [0.4, 0.5) is 0 Å². The lowest BCUT2D eigenvalue weighted by Gasteiger charge is -2.10. The number of nitrogens with two attached hydrogens (primary N) is 1. The van der Waals surface area contributed by atoms with Gasteiger partial charge in [0.05, 0.1) is 26.9 Å². The summed E-state index contributed by atoms with van der Waals surface area (Å²) >= 11 is 0. The van der Waals surface area contributed by atoms with E-state index >= 15 is 0 Å². The van der Waals surface area contributed by atoms with E-state index in [1.807, 2.05) is 12.1 Å². The zero-order valence-electron chi connectivity index (χ0n) is 14.4. The molecule has 7 heteroatoms. The smallest absolute Gasteiger partial charge is 0.188 e. The Morgan fingerprint density at radius 2 is 2.12 bits per heavy atom. The molecule has 136 valence electrons. The number of halogens is 1. The van der Waals surface area contributed by atoms with Crippen molar-refractivity contribution in [2.24, 2.45) is 10.7 Å². The van der Waals surface area contributed by atoms with E-state index in [0.29, 0.717) is 12.5 Å². The van der Waals surface area contributed by atoms with Crippen molar-refractivity contribution in [3.05, 3.63) is 23.8 Å². The highest BCUT2D eigenvalue weighted by Gasteiger charge is 2.14. The SMILES string of the molecule is COc1ccc(CCCNC(N)=NCC2CCCO2)cc1OC.I. The van der Waals surface area contributed by atoms with Crippen LogP contribution in [0.1, 0.15) is 24.8 Å². The van der Waals surface area contributed by atoms with Crippen LogP contribution in [-0.4, -0.2) is 46.0 Å². The molecule has 1 heterocycles. The van der Waals surface area contributed by atoms with Gasteiger partial charge in [-0.2, -0.15) is 0 Å². The van der Waals surface area contributed by atoms with Gasteiger partial charge in [0.15, 0.2) is 17.5 Å². The van der Waals surface area contributed by atoms with Crippen LogP contribution >= 0.6 is 24.0 Å². The molecule has 1 aliphatic heterocycles. The first-order valence-electron chi connectivity index (χ1n) is 8.09. The molecule has 1 aliphatic rings. The minimum Gasteiger partial charge on any atom is -0.493 e. The predicted octanol–water partition coefficient (Wildman–Crippen LogP) is 2.34. The van der Waals surface area contributed by atoms with Crippen LogP contribution < -0.4 is 20.5 Å². The summed E-state index contributed by atoms with van der Waals surface area (Å²) in [5.41, 5.74) is 7.07. The fourth-order valence-corrected chi connectivity index (χ4v) is 2.59. The second-order valence-electron chi connectivity index (χ2n) is 5.58. The first-order chi connectivity index (χ1) is 11.2. The second kappa shape index (κ2) is 11.4. The van der Waals surface area contributed by atoms with Crippen molar-refractivity contribution in [1.29, 1.82) is 0 Å². The summed E-state index contributed by atoms with van der Waals surface area (Å²) in [4.78, 5) is 4.32. The van der Waals surface area contributed by atoms with Gasteiger partial charge in [-0.3, -0.25) is 4.99 Å². The van der Waals surface area contributed by atoms with Gasteiger partial charge in [0.25, 0.3) is 0 Å². The molecule has 0 radical (unpaired) electrons. The molecule has 1 atom stereocenters. The standard InChI is InChI=1S/C17H27N3O3.HI/c1-21-15-8-7-13(11-16(15)22-2)5-3-9-19-17(18)20-12-14-6-4-10-23-14;/h7-8,11,14H,3-6,9-10,12H2,1-2H3,(H3,18,19,20);1H. The number of nitrogens with zero attached hydrogens (tertiary/aromatic N) is 1. The molecule has 3 N–H and O–H groups in total. The third-order valence-electron chi connectivity index (χ3n) is 3.89. The van der Waals surface area contributed by atoms with E-state index in [9.17, 15) is 0 Å². The molecule has 0 amide bonds. The number of aryl methyl sites for hydroxylation is 1. The van der Waals surface area contributed by atoms with Crippen LogP contribution in [-0.2, 0) is 11.2 Å². The first kappa shape index (κ1) is 20.8. The summed E-state index contributed by atoms with van der Waals surface area (Å²) in [5, 5.41) is 3.14. The zero-order chi connectivity index (χ0) is 16.5. The highest BCUT2D eigenvalue weighted by molar-refractivity contribution is 14.0. The lowest BCUT2D eigenvalue weighted by Crippen LogP contribution is -2.33. The van der Waals surface area contributed by atoms with Gasteiger partial charge >= 0.3 is 0 Å². The van der Waals surface area contributed by atoms with E-state index in [0.717, 1.165) is 50.3 Å². The third kappa shape index (κ3) is 6.72. The molecule has 1 aromatic rings. The Balaban J connectivity index is 0.00000288. The fourth-order valence-electron chi connectivity index (χ4n) is 2.59. The van der Waals surface area contributed by atoms with Gasteiger partial charge in [-0.15, -0.1) is 24.0 Å². The molecule has 1 saturated heterocycles. The van der Waals surface area contributed by atoms with Gasteiger partial charge in [0, 0.05) is 13.2 Å². The maximum atomic E-state index is 5.86. The Kier molecular flexibility index (Phi) is 9.85. The van der Waals surface area contributed by atoms with Crippen molar-refractivity contribution < 1.29 is 14.2 Å². The molecule has 0 bridgehead atoms. The van der Waals surface area contributed by atoms with Crippen LogP contribution in [0.2, 0.25) is 0 Å². The Labute approximate surface area is 161 Å². The summed E-state index contributed by atoms with van der Waals surface area (Å²) in [6.07, 6.45) is 4.34. The van der Waals surface area contributed by atoms with E-state index in [1.54, 1.807) is 14.2 Å². The molecule has 6 nitrogen and oxygen atoms in total. The lowest BCUT2D eigenvalue weighted by molar-refractivity contribution is 0.118. The fraction of sp³-hybridized carbons (Fsp3) is 0.588. The maximum absolute atomic E-state index is 5.86. The number of rotatable bonds is 8. The molecule has 0 aromatic heterocycles. The number of nitrogens with one attached hydrogen (secondary N) is 1. The quantitative estimate of drug-likeness (QED) is 0.276. The van der Waals surface area contributed by atoms with E-state index in [4.69, 9.17) is 19.9 Å². The van der Waals surface area contributed by atoms with Crippen LogP contribution in [0.3, 0.4) is 0 Å². The number of hydrogen-bond donors (Lipinski definition) is 2. The van der Waals surface area contributed by atoms with Crippen molar-refractivity contribution in [3.8, 4) is 11.5 Å². The Hall–Kier alpha value is -1.22. The number of benzene rings is 1. The lowest BCUT2D eigenvalue weighted by atomic mass is 10.1. The topological polar surface area (TPSA) is 78.1 Å². The van der Waals surface area contributed by atoms with Crippen molar-refractivity contribution >= 4 is 29.9 Å². The first-order valence-corrected chi connectivity index (χ1v) is 8.09. The molecule has 2 rings (SSSR count). The Morgan fingerprint density at radius 1 is 1.33 bits per heavy atom. The number of guanidine groups is 1. The molecular weight excluding hydrogens is 421 g/mol. The average molecular weight is 449 g/mol. The Bertz CT molecular complexity index is 520. The van der Waals surface area contributed by atoms with Gasteiger partial charge < -0.3 is 25.3 Å². The summed E-state index contributed by atoms with van der Waals surface area (Å²) < 4.78 is 16.1. The molecule has 0 aliphatic carbocycles. The number of methoxy groups -OCH3 is 2.